The van der Waals surface area contributed by atoms with E-state index in [0.29, 0.717) is 17.7 Å². The smallest absolute Gasteiger partial charge is 0.416 e. The number of hydrogen-bond acceptors (Lipinski definition) is 3. The number of aryl methyl sites for hydroxylation is 1. The van der Waals surface area contributed by atoms with Gasteiger partial charge in [-0.2, -0.15) is 13.2 Å². The molecule has 0 unspecified atom stereocenters. The molecule has 0 bridgehead atoms. The Morgan fingerprint density at radius 2 is 1.79 bits per heavy atom. The maximum Gasteiger partial charge on any atom is 0.416 e. The fraction of sp³-hybridized carbons (Fsp3) is 0.364. The lowest BCUT2D eigenvalue weighted by Crippen LogP contribution is -2.28. The van der Waals surface area contributed by atoms with Gasteiger partial charge in [-0.05, 0) is 48.2 Å². The highest BCUT2D eigenvalue weighted by Gasteiger charge is 2.31. The molecule has 0 aromatic heterocycles. The lowest BCUT2D eigenvalue weighted by Gasteiger charge is -2.22. The Labute approximate surface area is 168 Å². The molecule has 0 saturated heterocycles. The fourth-order valence-corrected chi connectivity index (χ4v) is 3.14. The molecule has 7 heteroatoms. The number of halogens is 3. The second-order valence-electron chi connectivity index (χ2n) is 6.86. The highest BCUT2D eigenvalue weighted by atomic mass is 19.4. The van der Waals surface area contributed by atoms with Crippen LogP contribution in [0.1, 0.15) is 36.1 Å². The second kappa shape index (κ2) is 9.11. The molecule has 0 saturated carbocycles. The molecule has 2 aromatic carbocycles. The van der Waals surface area contributed by atoms with Crippen LogP contribution < -0.4 is 0 Å². The molecule has 1 amide bonds. The zero-order valence-electron chi connectivity index (χ0n) is 16.9. The van der Waals surface area contributed by atoms with Crippen molar-refractivity contribution in [1.29, 1.82) is 0 Å². The number of carbonyl (C=O) groups is 2. The monoisotopic (exact) mass is 407 g/mol. The SMILES string of the molecule is CCN(Cc1cc(C)ccc1-c1cc(CC(=O)OC)cc(C(F)(F)F)c1)C(C)=O. The number of amides is 1. The molecule has 0 aliphatic heterocycles. The first-order chi connectivity index (χ1) is 13.5. The van der Waals surface area contributed by atoms with Crippen LogP contribution in [0.2, 0.25) is 0 Å². The Morgan fingerprint density at radius 3 is 2.34 bits per heavy atom. The number of alkyl halides is 3. The highest BCUT2D eigenvalue weighted by molar-refractivity contribution is 5.76. The van der Waals surface area contributed by atoms with Crippen LogP contribution in [0.3, 0.4) is 0 Å². The molecule has 4 nitrogen and oxygen atoms in total. The van der Waals surface area contributed by atoms with Crippen LogP contribution in [0.15, 0.2) is 36.4 Å². The van der Waals surface area contributed by atoms with Gasteiger partial charge in [0.05, 0.1) is 19.1 Å². The van der Waals surface area contributed by atoms with Crippen molar-refractivity contribution in [2.75, 3.05) is 13.7 Å². The van der Waals surface area contributed by atoms with Gasteiger partial charge in [-0.3, -0.25) is 9.59 Å². The first-order valence-electron chi connectivity index (χ1n) is 9.18. The zero-order valence-corrected chi connectivity index (χ0v) is 16.9. The van der Waals surface area contributed by atoms with E-state index in [-0.39, 0.29) is 24.4 Å². The predicted molar refractivity (Wildman–Crippen MR) is 104 cm³/mol. The quantitative estimate of drug-likeness (QED) is 0.649. The van der Waals surface area contributed by atoms with Crippen molar-refractivity contribution < 1.29 is 27.5 Å². The van der Waals surface area contributed by atoms with Crippen molar-refractivity contribution in [3.05, 3.63) is 58.7 Å². The number of benzene rings is 2. The standard InChI is InChI=1S/C22H24F3NO3/c1-5-26(15(3)27)13-18-8-14(2)6-7-20(18)17-9-16(11-21(28)29-4)10-19(12-17)22(23,24)25/h6-10,12H,5,11,13H2,1-4H3. The molecular weight excluding hydrogens is 383 g/mol. The Kier molecular flexibility index (Phi) is 7.06. The molecule has 0 aliphatic carbocycles. The van der Waals surface area contributed by atoms with Gasteiger partial charge in [0, 0.05) is 20.0 Å². The summed E-state index contributed by atoms with van der Waals surface area (Å²) in [6.45, 7) is 5.95. The summed E-state index contributed by atoms with van der Waals surface area (Å²) in [6, 6.07) is 9.01. The summed E-state index contributed by atoms with van der Waals surface area (Å²) < 4.78 is 44.9. The third kappa shape index (κ3) is 5.82. The third-order valence-electron chi connectivity index (χ3n) is 4.66. The van der Waals surface area contributed by atoms with Crippen LogP contribution in [-0.4, -0.2) is 30.4 Å². The minimum Gasteiger partial charge on any atom is -0.469 e. The van der Waals surface area contributed by atoms with Crippen molar-refractivity contribution in [1.82, 2.24) is 4.90 Å². The van der Waals surface area contributed by atoms with E-state index in [1.54, 1.807) is 17.0 Å². The molecule has 2 rings (SSSR count). The van der Waals surface area contributed by atoms with E-state index in [2.05, 4.69) is 4.74 Å². The average Bonchev–Trinajstić information content (AvgIpc) is 2.64. The van der Waals surface area contributed by atoms with E-state index in [1.807, 2.05) is 26.0 Å². The van der Waals surface area contributed by atoms with Crippen molar-refractivity contribution in [3.8, 4) is 11.1 Å². The van der Waals surface area contributed by atoms with E-state index in [1.165, 1.54) is 14.0 Å². The van der Waals surface area contributed by atoms with Crippen molar-refractivity contribution in [3.63, 3.8) is 0 Å². The second-order valence-corrected chi connectivity index (χ2v) is 6.86. The van der Waals surface area contributed by atoms with Gasteiger partial charge >= 0.3 is 12.1 Å². The summed E-state index contributed by atoms with van der Waals surface area (Å²) in [5.41, 5.74) is 1.99. The number of esters is 1. The van der Waals surface area contributed by atoms with E-state index >= 15 is 0 Å². The number of ether oxygens (including phenoxy) is 1. The molecule has 156 valence electrons. The van der Waals surface area contributed by atoms with Crippen LogP contribution in [0, 0.1) is 6.92 Å². The summed E-state index contributed by atoms with van der Waals surface area (Å²) in [7, 11) is 1.19. The van der Waals surface area contributed by atoms with Crippen molar-refractivity contribution in [2.45, 2.75) is 39.9 Å². The Bertz CT molecular complexity index is 907. The highest BCUT2D eigenvalue weighted by Crippen LogP contribution is 2.35. The van der Waals surface area contributed by atoms with Gasteiger partial charge in [-0.1, -0.05) is 29.8 Å². The Balaban J connectivity index is 2.61. The summed E-state index contributed by atoms with van der Waals surface area (Å²) in [6.07, 6.45) is -4.82. The number of rotatable bonds is 6. The van der Waals surface area contributed by atoms with E-state index in [0.717, 1.165) is 23.3 Å². The maximum absolute atomic E-state index is 13.4. The molecule has 0 radical (unpaired) electrons. The number of hydrogen-bond donors (Lipinski definition) is 0. The lowest BCUT2D eigenvalue weighted by atomic mass is 9.93. The normalized spacial score (nSPS) is 11.3. The molecule has 0 N–H and O–H groups in total. The van der Waals surface area contributed by atoms with Crippen LogP contribution in [-0.2, 0) is 33.5 Å². The van der Waals surface area contributed by atoms with Crippen LogP contribution in [0.5, 0.6) is 0 Å². The molecule has 0 aliphatic rings. The van der Waals surface area contributed by atoms with E-state index < -0.39 is 17.7 Å². The largest absolute Gasteiger partial charge is 0.469 e. The van der Waals surface area contributed by atoms with Gasteiger partial charge in [-0.15, -0.1) is 0 Å². The first kappa shape index (κ1) is 22.5. The molecule has 0 spiro atoms. The molecule has 0 atom stereocenters. The average molecular weight is 407 g/mol. The van der Waals surface area contributed by atoms with Gasteiger partial charge < -0.3 is 9.64 Å². The zero-order chi connectivity index (χ0) is 21.8. The Hall–Kier alpha value is -2.83. The molecule has 0 fully saturated rings. The molecule has 29 heavy (non-hydrogen) atoms. The van der Waals surface area contributed by atoms with Crippen LogP contribution in [0.25, 0.3) is 11.1 Å². The van der Waals surface area contributed by atoms with Crippen molar-refractivity contribution in [2.24, 2.45) is 0 Å². The third-order valence-corrected chi connectivity index (χ3v) is 4.66. The summed E-state index contributed by atoms with van der Waals surface area (Å²) in [5.74, 6) is -0.733. The van der Waals surface area contributed by atoms with Gasteiger partial charge in [0.1, 0.15) is 0 Å². The van der Waals surface area contributed by atoms with Crippen LogP contribution in [0.4, 0.5) is 13.2 Å². The Morgan fingerprint density at radius 1 is 1.10 bits per heavy atom. The number of methoxy groups -OCH3 is 1. The first-order valence-corrected chi connectivity index (χ1v) is 9.18. The summed E-state index contributed by atoms with van der Waals surface area (Å²) >= 11 is 0. The molecule has 0 heterocycles. The minimum absolute atomic E-state index is 0.115. The molecular formula is C22H24F3NO3. The van der Waals surface area contributed by atoms with Gasteiger partial charge in [0.15, 0.2) is 0 Å². The topological polar surface area (TPSA) is 46.6 Å². The van der Waals surface area contributed by atoms with E-state index in [9.17, 15) is 22.8 Å². The fourth-order valence-electron chi connectivity index (χ4n) is 3.14. The number of nitrogens with zero attached hydrogens (tertiary/aromatic N) is 1. The maximum atomic E-state index is 13.4. The van der Waals surface area contributed by atoms with Gasteiger partial charge in [0.25, 0.3) is 0 Å². The molecule has 2 aromatic rings. The van der Waals surface area contributed by atoms with Crippen LogP contribution >= 0.6 is 0 Å². The van der Waals surface area contributed by atoms with E-state index in [4.69, 9.17) is 0 Å². The van der Waals surface area contributed by atoms with Gasteiger partial charge in [0.2, 0.25) is 5.91 Å². The predicted octanol–water partition coefficient (Wildman–Crippen LogP) is 4.76. The summed E-state index contributed by atoms with van der Waals surface area (Å²) in [5, 5.41) is 0. The minimum atomic E-state index is -4.55. The van der Waals surface area contributed by atoms with Crippen molar-refractivity contribution >= 4 is 11.9 Å². The number of carbonyl (C=O) groups excluding carboxylic acids is 2. The van der Waals surface area contributed by atoms with Gasteiger partial charge in [-0.25, -0.2) is 0 Å². The summed E-state index contributed by atoms with van der Waals surface area (Å²) in [4.78, 5) is 25.1. The lowest BCUT2D eigenvalue weighted by molar-refractivity contribution is -0.140.